The summed E-state index contributed by atoms with van der Waals surface area (Å²) in [5.41, 5.74) is 1.49. The molecule has 0 unspecified atom stereocenters. The molecule has 2 atom stereocenters. The highest BCUT2D eigenvalue weighted by molar-refractivity contribution is 5.98. The number of benzene rings is 1. The quantitative estimate of drug-likeness (QED) is 0.670. The molecule has 0 spiro atoms. The number of aromatic nitrogens is 2. The molecular weight excluding hydrogens is 432 g/mol. The zero-order chi connectivity index (χ0) is 24.2. The van der Waals surface area contributed by atoms with E-state index < -0.39 is 6.04 Å². The Morgan fingerprint density at radius 3 is 2.38 bits per heavy atom. The SMILES string of the molecule is CN[C@@H](C)C(=O)N[C@H](C(=O)N1CCN(C(=O)c2ccc3nn(C)cc3c2)CC1)C1CCCCC1. The fraction of sp³-hybridized carbons (Fsp3) is 0.600. The zero-order valence-corrected chi connectivity index (χ0v) is 20.4. The Morgan fingerprint density at radius 1 is 1.03 bits per heavy atom. The molecule has 3 amide bonds. The van der Waals surface area contributed by atoms with Crippen LogP contribution in [0.5, 0.6) is 0 Å². The second-order valence-corrected chi connectivity index (χ2v) is 9.59. The van der Waals surface area contributed by atoms with E-state index in [9.17, 15) is 14.4 Å². The summed E-state index contributed by atoms with van der Waals surface area (Å²) in [6.45, 7) is 3.70. The second kappa shape index (κ2) is 10.5. The fourth-order valence-corrected chi connectivity index (χ4v) is 5.05. The Bertz CT molecular complexity index is 1040. The Labute approximate surface area is 200 Å². The van der Waals surface area contributed by atoms with Gasteiger partial charge in [0.2, 0.25) is 11.8 Å². The molecule has 4 rings (SSSR count). The van der Waals surface area contributed by atoms with Gasteiger partial charge in [-0.3, -0.25) is 19.1 Å². The predicted molar refractivity (Wildman–Crippen MR) is 130 cm³/mol. The van der Waals surface area contributed by atoms with E-state index in [2.05, 4.69) is 15.7 Å². The van der Waals surface area contributed by atoms with Crippen molar-refractivity contribution in [2.75, 3.05) is 33.2 Å². The molecule has 2 N–H and O–H groups in total. The number of carbonyl (C=O) groups excluding carboxylic acids is 3. The maximum atomic E-state index is 13.5. The van der Waals surface area contributed by atoms with Gasteiger partial charge in [0.15, 0.2) is 0 Å². The number of piperazine rings is 1. The van der Waals surface area contributed by atoms with Crippen molar-refractivity contribution in [1.29, 1.82) is 0 Å². The van der Waals surface area contributed by atoms with Gasteiger partial charge in [0.25, 0.3) is 5.91 Å². The number of amides is 3. The number of hydrogen-bond donors (Lipinski definition) is 2. The number of fused-ring (bicyclic) bond motifs is 1. The first kappa shape index (κ1) is 24.2. The number of nitrogens with zero attached hydrogens (tertiary/aromatic N) is 4. The molecule has 1 aliphatic heterocycles. The third kappa shape index (κ3) is 5.24. The van der Waals surface area contributed by atoms with Crippen LogP contribution in [0, 0.1) is 5.92 Å². The molecule has 1 saturated heterocycles. The number of nitrogens with one attached hydrogen (secondary N) is 2. The van der Waals surface area contributed by atoms with E-state index in [0.717, 1.165) is 36.6 Å². The largest absolute Gasteiger partial charge is 0.343 e. The van der Waals surface area contributed by atoms with Gasteiger partial charge in [-0.05, 0) is 50.9 Å². The van der Waals surface area contributed by atoms with Crippen LogP contribution in [0.4, 0.5) is 0 Å². The summed E-state index contributed by atoms with van der Waals surface area (Å²) in [5, 5.41) is 11.3. The molecule has 1 aliphatic carbocycles. The van der Waals surface area contributed by atoms with E-state index in [1.165, 1.54) is 6.42 Å². The number of rotatable bonds is 6. The van der Waals surface area contributed by atoms with Crippen LogP contribution in [0.15, 0.2) is 24.4 Å². The summed E-state index contributed by atoms with van der Waals surface area (Å²) in [5.74, 6) is -0.0311. The lowest BCUT2D eigenvalue weighted by Crippen LogP contribution is -2.59. The third-order valence-corrected chi connectivity index (χ3v) is 7.26. The van der Waals surface area contributed by atoms with Gasteiger partial charge in [0, 0.05) is 50.4 Å². The van der Waals surface area contributed by atoms with Crippen LogP contribution in [0.25, 0.3) is 10.9 Å². The fourth-order valence-electron chi connectivity index (χ4n) is 5.05. The van der Waals surface area contributed by atoms with E-state index in [4.69, 9.17) is 0 Å². The first-order chi connectivity index (χ1) is 16.4. The standard InChI is InChI=1S/C25H36N6O3/c1-17(26-2)23(32)27-22(18-7-5-4-6-8-18)25(34)31-13-11-30(12-14-31)24(33)19-9-10-21-20(15-19)16-29(3)28-21/h9-10,15-18,22,26H,4-8,11-14H2,1-3H3,(H,27,32)/t17-,22-/m0/s1. The first-order valence-electron chi connectivity index (χ1n) is 12.4. The summed E-state index contributed by atoms with van der Waals surface area (Å²) in [6.07, 6.45) is 7.19. The average Bonchev–Trinajstić information content (AvgIpc) is 3.25. The van der Waals surface area contributed by atoms with E-state index in [0.29, 0.717) is 31.7 Å². The lowest BCUT2D eigenvalue weighted by Gasteiger charge is -2.39. The van der Waals surface area contributed by atoms with Crippen molar-refractivity contribution in [2.24, 2.45) is 13.0 Å². The molecule has 0 bridgehead atoms. The van der Waals surface area contributed by atoms with Gasteiger partial charge >= 0.3 is 0 Å². The summed E-state index contributed by atoms with van der Waals surface area (Å²) < 4.78 is 1.74. The number of hydrogen-bond acceptors (Lipinski definition) is 5. The molecule has 1 aromatic carbocycles. The molecular formula is C25H36N6O3. The van der Waals surface area contributed by atoms with Crippen molar-refractivity contribution in [1.82, 2.24) is 30.2 Å². The van der Waals surface area contributed by atoms with Gasteiger partial charge in [-0.2, -0.15) is 5.10 Å². The average molecular weight is 469 g/mol. The van der Waals surface area contributed by atoms with Crippen molar-refractivity contribution in [3.63, 3.8) is 0 Å². The van der Waals surface area contributed by atoms with Crippen LogP contribution < -0.4 is 10.6 Å². The van der Waals surface area contributed by atoms with Crippen molar-refractivity contribution in [3.8, 4) is 0 Å². The first-order valence-corrected chi connectivity index (χ1v) is 12.4. The molecule has 34 heavy (non-hydrogen) atoms. The summed E-state index contributed by atoms with van der Waals surface area (Å²) >= 11 is 0. The maximum Gasteiger partial charge on any atom is 0.253 e. The molecule has 0 radical (unpaired) electrons. The van der Waals surface area contributed by atoms with E-state index >= 15 is 0 Å². The minimum absolute atomic E-state index is 0.0209. The Hall–Kier alpha value is -2.94. The Morgan fingerprint density at radius 2 is 1.71 bits per heavy atom. The minimum atomic E-state index is -0.501. The summed E-state index contributed by atoms with van der Waals surface area (Å²) in [7, 11) is 3.60. The lowest BCUT2D eigenvalue weighted by molar-refractivity contribution is -0.140. The minimum Gasteiger partial charge on any atom is -0.343 e. The van der Waals surface area contributed by atoms with Crippen LogP contribution in [0.2, 0.25) is 0 Å². The van der Waals surface area contributed by atoms with E-state index in [1.807, 2.05) is 36.3 Å². The van der Waals surface area contributed by atoms with Crippen LogP contribution in [0.3, 0.4) is 0 Å². The van der Waals surface area contributed by atoms with Gasteiger partial charge in [0.05, 0.1) is 11.6 Å². The highest BCUT2D eigenvalue weighted by Gasteiger charge is 2.36. The number of aryl methyl sites for hydroxylation is 1. The summed E-state index contributed by atoms with van der Waals surface area (Å²) in [6, 6.07) is 4.70. The van der Waals surface area contributed by atoms with Crippen molar-refractivity contribution in [2.45, 2.75) is 51.1 Å². The second-order valence-electron chi connectivity index (χ2n) is 9.59. The zero-order valence-electron chi connectivity index (χ0n) is 20.4. The molecule has 2 fully saturated rings. The normalized spacial score (nSPS) is 19.1. The van der Waals surface area contributed by atoms with Crippen molar-refractivity contribution < 1.29 is 14.4 Å². The highest BCUT2D eigenvalue weighted by atomic mass is 16.2. The van der Waals surface area contributed by atoms with Crippen LogP contribution in [-0.2, 0) is 16.6 Å². The monoisotopic (exact) mass is 468 g/mol. The molecule has 9 nitrogen and oxygen atoms in total. The molecule has 184 valence electrons. The highest BCUT2D eigenvalue weighted by Crippen LogP contribution is 2.28. The Kier molecular flexibility index (Phi) is 7.50. The van der Waals surface area contributed by atoms with Crippen LogP contribution in [-0.4, -0.2) is 82.6 Å². The van der Waals surface area contributed by atoms with Crippen molar-refractivity contribution in [3.05, 3.63) is 30.0 Å². The summed E-state index contributed by atoms with van der Waals surface area (Å²) in [4.78, 5) is 42.8. The molecule has 2 heterocycles. The molecule has 1 saturated carbocycles. The smallest absolute Gasteiger partial charge is 0.253 e. The number of likely N-dealkylation sites (N-methyl/N-ethyl adjacent to an activating group) is 1. The predicted octanol–water partition coefficient (Wildman–Crippen LogP) is 1.53. The molecule has 2 aliphatic rings. The Balaban J connectivity index is 1.40. The molecule has 1 aromatic heterocycles. The number of carbonyl (C=O) groups is 3. The van der Waals surface area contributed by atoms with Crippen LogP contribution >= 0.6 is 0 Å². The van der Waals surface area contributed by atoms with Gasteiger partial charge in [0.1, 0.15) is 6.04 Å². The van der Waals surface area contributed by atoms with Gasteiger partial charge in [-0.15, -0.1) is 0 Å². The lowest BCUT2D eigenvalue weighted by atomic mass is 9.83. The van der Waals surface area contributed by atoms with Gasteiger partial charge in [-0.25, -0.2) is 0 Å². The van der Waals surface area contributed by atoms with E-state index in [1.54, 1.807) is 23.6 Å². The van der Waals surface area contributed by atoms with Gasteiger partial charge in [-0.1, -0.05) is 19.3 Å². The van der Waals surface area contributed by atoms with Crippen molar-refractivity contribution >= 4 is 28.6 Å². The van der Waals surface area contributed by atoms with Crippen LogP contribution in [0.1, 0.15) is 49.4 Å². The third-order valence-electron chi connectivity index (χ3n) is 7.26. The van der Waals surface area contributed by atoms with Gasteiger partial charge < -0.3 is 20.4 Å². The van der Waals surface area contributed by atoms with E-state index in [-0.39, 0.29) is 29.7 Å². The molecule has 9 heteroatoms. The molecule has 2 aromatic rings. The maximum absolute atomic E-state index is 13.5. The topological polar surface area (TPSA) is 99.6 Å².